The Labute approximate surface area is 207 Å². The maximum Gasteiger partial charge on any atom is 0.255 e. The largest absolute Gasteiger partial charge is 0.481 e. The van der Waals surface area contributed by atoms with Crippen LogP contribution in [0.15, 0.2) is 6.07 Å². The minimum absolute atomic E-state index is 0.0727. The van der Waals surface area contributed by atoms with Gasteiger partial charge in [-0.25, -0.2) is 4.98 Å². The number of hydrogen-bond acceptors (Lipinski definition) is 6. The van der Waals surface area contributed by atoms with Crippen LogP contribution < -0.4 is 10.5 Å². The first-order valence-corrected chi connectivity index (χ1v) is 13.3. The van der Waals surface area contributed by atoms with Crippen molar-refractivity contribution in [2.24, 2.45) is 11.7 Å². The van der Waals surface area contributed by atoms with Gasteiger partial charge in [-0.1, -0.05) is 0 Å². The Morgan fingerprint density at radius 3 is 2.65 bits per heavy atom. The monoisotopic (exact) mass is 485 g/mol. The van der Waals surface area contributed by atoms with Crippen LogP contribution in [0.1, 0.15) is 74.6 Å². The number of aryl methyl sites for hydroxylation is 2. The molecular formula is C27H39N3O3S. The van der Waals surface area contributed by atoms with Crippen molar-refractivity contribution < 1.29 is 14.3 Å². The molecule has 4 rings (SSSR count). The number of carbonyl (C=O) groups is 1. The summed E-state index contributed by atoms with van der Waals surface area (Å²) in [5.41, 5.74) is 11.7. The summed E-state index contributed by atoms with van der Waals surface area (Å²) in [6, 6.07) is 2.06. The van der Waals surface area contributed by atoms with E-state index in [1.54, 1.807) is 14.2 Å². The number of ether oxygens (including phenoxy) is 2. The summed E-state index contributed by atoms with van der Waals surface area (Å²) >= 11 is 1.86. The number of pyridine rings is 1. The highest BCUT2D eigenvalue weighted by Crippen LogP contribution is 2.39. The molecule has 2 aromatic heterocycles. The highest BCUT2D eigenvalue weighted by molar-refractivity contribution is 7.12. The summed E-state index contributed by atoms with van der Waals surface area (Å²) in [7, 11) is 3.39. The molecule has 2 aromatic rings. The molecule has 2 N–H and O–H groups in total. The second-order valence-corrected chi connectivity index (χ2v) is 11.4. The number of fused-ring (bicyclic) bond motifs is 1. The number of rotatable bonds is 8. The zero-order valence-electron chi connectivity index (χ0n) is 21.3. The number of nitrogens with two attached hydrogens (primary N) is 1. The SMILES string of the molecule is COCCC1(N)CCC(Cc2sc3c(c2C)C(=O)N(Cc2c(C)cc(C)nc2OC)CC3)CC1. The van der Waals surface area contributed by atoms with E-state index >= 15 is 0 Å². The van der Waals surface area contributed by atoms with Crippen molar-refractivity contribution in [1.82, 2.24) is 9.88 Å². The van der Waals surface area contributed by atoms with Gasteiger partial charge in [-0.15, -0.1) is 11.3 Å². The normalized spacial score (nSPS) is 22.7. The molecule has 1 amide bonds. The smallest absolute Gasteiger partial charge is 0.255 e. The standard InChI is InChI=1S/C27H39N3O3S/c1-17-14-18(2)29-25(33-5)21(17)16-30-12-8-22-24(26(30)31)19(3)23(34-22)15-20-6-9-27(28,10-7-20)11-13-32-4/h14,20H,6-13,15-16,28H2,1-5H3. The Kier molecular flexibility index (Phi) is 7.65. The molecule has 1 saturated carbocycles. The Balaban J connectivity index is 1.46. The van der Waals surface area contributed by atoms with E-state index in [0.29, 0.717) is 18.3 Å². The molecule has 1 fully saturated rings. The quantitative estimate of drug-likeness (QED) is 0.584. The van der Waals surface area contributed by atoms with Gasteiger partial charge in [0, 0.05) is 53.2 Å². The van der Waals surface area contributed by atoms with E-state index in [2.05, 4.69) is 24.9 Å². The van der Waals surface area contributed by atoms with Crippen molar-refractivity contribution in [2.75, 3.05) is 27.4 Å². The molecule has 2 aliphatic rings. The molecule has 3 heterocycles. The Hall–Kier alpha value is -1.96. The summed E-state index contributed by atoms with van der Waals surface area (Å²) in [5, 5.41) is 0. The fourth-order valence-electron chi connectivity index (χ4n) is 5.58. The average Bonchev–Trinajstić information content (AvgIpc) is 3.13. The van der Waals surface area contributed by atoms with Gasteiger partial charge in [0.15, 0.2) is 0 Å². The highest BCUT2D eigenvalue weighted by Gasteiger charge is 2.34. The van der Waals surface area contributed by atoms with Gasteiger partial charge in [-0.3, -0.25) is 4.79 Å². The minimum Gasteiger partial charge on any atom is -0.481 e. The lowest BCUT2D eigenvalue weighted by molar-refractivity contribution is 0.0726. The molecule has 0 bridgehead atoms. The van der Waals surface area contributed by atoms with E-state index in [9.17, 15) is 4.79 Å². The molecule has 0 spiro atoms. The fourth-order valence-corrected chi connectivity index (χ4v) is 6.98. The van der Waals surface area contributed by atoms with Crippen LogP contribution in [0.3, 0.4) is 0 Å². The van der Waals surface area contributed by atoms with Crippen LogP contribution in [0.25, 0.3) is 0 Å². The molecule has 0 unspecified atom stereocenters. The number of thiophene rings is 1. The van der Waals surface area contributed by atoms with Crippen molar-refractivity contribution in [3.05, 3.63) is 43.8 Å². The van der Waals surface area contributed by atoms with Crippen molar-refractivity contribution in [1.29, 1.82) is 0 Å². The molecule has 6 nitrogen and oxygen atoms in total. The first-order chi connectivity index (χ1) is 16.2. The van der Waals surface area contributed by atoms with Crippen LogP contribution in [0.5, 0.6) is 5.88 Å². The lowest BCUT2D eigenvalue weighted by Crippen LogP contribution is -2.44. The molecule has 7 heteroatoms. The maximum atomic E-state index is 13.6. The molecule has 0 radical (unpaired) electrons. The van der Waals surface area contributed by atoms with Crippen LogP contribution in [-0.4, -0.2) is 48.7 Å². The number of methoxy groups -OCH3 is 2. The maximum absolute atomic E-state index is 13.6. The topological polar surface area (TPSA) is 77.7 Å². The average molecular weight is 486 g/mol. The molecule has 186 valence electrons. The summed E-state index contributed by atoms with van der Waals surface area (Å²) in [6.07, 6.45) is 7.34. The van der Waals surface area contributed by atoms with E-state index in [4.69, 9.17) is 15.2 Å². The lowest BCUT2D eigenvalue weighted by atomic mass is 9.74. The molecule has 0 saturated heterocycles. The number of hydrogen-bond donors (Lipinski definition) is 1. The Morgan fingerprint density at radius 1 is 1.24 bits per heavy atom. The minimum atomic E-state index is -0.0727. The van der Waals surface area contributed by atoms with Crippen molar-refractivity contribution in [3.63, 3.8) is 0 Å². The van der Waals surface area contributed by atoms with E-state index in [0.717, 1.165) is 80.5 Å². The third-order valence-corrected chi connectivity index (χ3v) is 9.16. The van der Waals surface area contributed by atoms with Gasteiger partial charge in [0.1, 0.15) is 0 Å². The van der Waals surface area contributed by atoms with Crippen LogP contribution in [0.2, 0.25) is 0 Å². The number of amides is 1. The van der Waals surface area contributed by atoms with Gasteiger partial charge in [0.25, 0.3) is 5.91 Å². The number of carbonyl (C=O) groups excluding carboxylic acids is 1. The predicted octanol–water partition coefficient (Wildman–Crippen LogP) is 4.74. The van der Waals surface area contributed by atoms with Crippen LogP contribution in [0.4, 0.5) is 0 Å². The van der Waals surface area contributed by atoms with E-state index in [-0.39, 0.29) is 11.4 Å². The lowest BCUT2D eigenvalue weighted by Gasteiger charge is -2.37. The fraction of sp³-hybridized carbons (Fsp3) is 0.630. The Morgan fingerprint density at radius 2 is 1.97 bits per heavy atom. The first kappa shape index (κ1) is 25.1. The van der Waals surface area contributed by atoms with Gasteiger partial charge in [-0.05, 0) is 82.4 Å². The Bertz CT molecular complexity index is 1040. The predicted molar refractivity (Wildman–Crippen MR) is 137 cm³/mol. The molecule has 34 heavy (non-hydrogen) atoms. The zero-order valence-corrected chi connectivity index (χ0v) is 22.1. The molecule has 0 atom stereocenters. The van der Waals surface area contributed by atoms with Gasteiger partial charge >= 0.3 is 0 Å². The van der Waals surface area contributed by atoms with Gasteiger partial charge in [-0.2, -0.15) is 0 Å². The second-order valence-electron chi connectivity index (χ2n) is 10.2. The highest BCUT2D eigenvalue weighted by atomic mass is 32.1. The summed E-state index contributed by atoms with van der Waals surface area (Å²) < 4.78 is 10.8. The van der Waals surface area contributed by atoms with E-state index < -0.39 is 0 Å². The van der Waals surface area contributed by atoms with Gasteiger partial charge < -0.3 is 20.1 Å². The van der Waals surface area contributed by atoms with Crippen LogP contribution in [-0.2, 0) is 24.1 Å². The summed E-state index contributed by atoms with van der Waals surface area (Å²) in [6.45, 7) is 8.18. The van der Waals surface area contributed by atoms with E-state index in [1.807, 2.05) is 23.2 Å². The third-order valence-electron chi connectivity index (χ3n) is 7.79. The third kappa shape index (κ3) is 5.16. The van der Waals surface area contributed by atoms with Gasteiger partial charge in [0.05, 0.1) is 19.2 Å². The summed E-state index contributed by atoms with van der Waals surface area (Å²) in [5.74, 6) is 1.42. The number of aromatic nitrogens is 1. The van der Waals surface area contributed by atoms with Crippen LogP contribution >= 0.6 is 11.3 Å². The zero-order chi connectivity index (χ0) is 24.5. The molecular weight excluding hydrogens is 446 g/mol. The summed E-state index contributed by atoms with van der Waals surface area (Å²) in [4.78, 5) is 22.7. The number of nitrogens with zero attached hydrogens (tertiary/aromatic N) is 2. The molecule has 1 aliphatic carbocycles. The van der Waals surface area contributed by atoms with Crippen molar-refractivity contribution >= 4 is 17.2 Å². The second kappa shape index (κ2) is 10.3. The van der Waals surface area contributed by atoms with Crippen molar-refractivity contribution in [2.45, 2.75) is 77.8 Å². The molecule has 1 aliphatic heterocycles. The molecule has 0 aromatic carbocycles. The van der Waals surface area contributed by atoms with Crippen molar-refractivity contribution in [3.8, 4) is 5.88 Å². The first-order valence-electron chi connectivity index (χ1n) is 12.4. The van der Waals surface area contributed by atoms with E-state index in [1.165, 1.54) is 15.3 Å². The van der Waals surface area contributed by atoms with Gasteiger partial charge in [0.2, 0.25) is 5.88 Å². The van der Waals surface area contributed by atoms with Crippen LogP contribution in [0, 0.1) is 26.7 Å².